The molecule has 0 saturated heterocycles. The van der Waals surface area contributed by atoms with E-state index in [1.54, 1.807) is 0 Å². The molecule has 1 aromatic heterocycles. The highest BCUT2D eigenvalue weighted by atomic mass is 79.9. The van der Waals surface area contributed by atoms with Gasteiger partial charge in [0.25, 0.3) is 5.91 Å². The molecule has 0 spiro atoms. The van der Waals surface area contributed by atoms with E-state index in [-0.39, 0.29) is 17.5 Å². The van der Waals surface area contributed by atoms with Gasteiger partial charge in [-0.25, -0.2) is 0 Å². The van der Waals surface area contributed by atoms with Crippen molar-refractivity contribution in [3.63, 3.8) is 0 Å². The van der Waals surface area contributed by atoms with Gasteiger partial charge in [0.15, 0.2) is 0 Å². The number of rotatable bonds is 2. The van der Waals surface area contributed by atoms with Gasteiger partial charge < -0.3 is 4.90 Å². The Bertz CT molecular complexity index is 955. The quantitative estimate of drug-likeness (QED) is 0.633. The lowest BCUT2D eigenvalue weighted by molar-refractivity contribution is 0.0546. The first-order valence-electron chi connectivity index (χ1n) is 8.61. The molecular weight excluding hydrogens is 390 g/mol. The van der Waals surface area contributed by atoms with Crippen LogP contribution in [0.4, 0.5) is 0 Å². The van der Waals surface area contributed by atoms with Crippen LogP contribution in [0.15, 0.2) is 59.1 Å². The molecule has 5 heteroatoms. The second-order valence-electron chi connectivity index (χ2n) is 7.53. The summed E-state index contributed by atoms with van der Waals surface area (Å²) in [6, 6.07) is 18.0. The Morgan fingerprint density at radius 2 is 1.69 bits per heavy atom. The third kappa shape index (κ3) is 2.67. The zero-order chi connectivity index (χ0) is 18.5. The van der Waals surface area contributed by atoms with Gasteiger partial charge in [0.2, 0.25) is 0 Å². The Balaban J connectivity index is 1.94. The highest BCUT2D eigenvalue weighted by Crippen LogP contribution is 2.45. The Morgan fingerprint density at radius 1 is 1.04 bits per heavy atom. The standard InChI is InChI=1S/C21H20BrN3O/c1-21(2,3)25-19(14-9-11-15(22)12-10-14)16-17(13-7-5-4-6-8-13)23-24-18(16)20(25)26/h4-12,19H,1-3H3,(H,23,24). The van der Waals surface area contributed by atoms with Gasteiger partial charge in [0.1, 0.15) is 5.69 Å². The summed E-state index contributed by atoms with van der Waals surface area (Å²) >= 11 is 3.50. The number of H-pyrrole nitrogens is 1. The molecule has 3 aromatic rings. The highest BCUT2D eigenvalue weighted by molar-refractivity contribution is 9.10. The van der Waals surface area contributed by atoms with Crippen molar-refractivity contribution in [3.05, 3.63) is 75.9 Å². The van der Waals surface area contributed by atoms with E-state index in [9.17, 15) is 4.79 Å². The van der Waals surface area contributed by atoms with Crippen LogP contribution in [0.5, 0.6) is 0 Å². The van der Waals surface area contributed by atoms with Crippen LogP contribution >= 0.6 is 15.9 Å². The van der Waals surface area contributed by atoms with E-state index >= 15 is 0 Å². The lowest BCUT2D eigenvalue weighted by atomic mass is 9.94. The number of fused-ring (bicyclic) bond motifs is 1. The van der Waals surface area contributed by atoms with Crippen molar-refractivity contribution in [2.24, 2.45) is 0 Å². The summed E-state index contributed by atoms with van der Waals surface area (Å²) in [6.07, 6.45) is 0. The van der Waals surface area contributed by atoms with Gasteiger partial charge >= 0.3 is 0 Å². The summed E-state index contributed by atoms with van der Waals surface area (Å²) in [4.78, 5) is 15.1. The molecule has 1 aliphatic rings. The van der Waals surface area contributed by atoms with E-state index in [4.69, 9.17) is 0 Å². The number of benzene rings is 2. The number of hydrogen-bond acceptors (Lipinski definition) is 2. The smallest absolute Gasteiger partial charge is 0.273 e. The third-order valence-electron chi connectivity index (χ3n) is 4.72. The minimum Gasteiger partial charge on any atom is -0.321 e. The maximum atomic E-state index is 13.2. The van der Waals surface area contributed by atoms with Crippen molar-refractivity contribution in [3.8, 4) is 11.3 Å². The Kier molecular flexibility index (Phi) is 3.99. The predicted molar refractivity (Wildman–Crippen MR) is 106 cm³/mol. The number of carbonyl (C=O) groups excluding carboxylic acids is 1. The average Bonchev–Trinajstić information content (AvgIpc) is 3.15. The first kappa shape index (κ1) is 17.0. The fraction of sp³-hybridized carbons (Fsp3) is 0.238. The van der Waals surface area contributed by atoms with E-state index in [0.717, 1.165) is 26.9 Å². The number of aromatic nitrogens is 2. The molecule has 132 valence electrons. The van der Waals surface area contributed by atoms with Crippen LogP contribution in [0.25, 0.3) is 11.3 Å². The first-order valence-corrected chi connectivity index (χ1v) is 9.40. The Hall–Kier alpha value is -2.40. The molecule has 4 rings (SSSR count). The summed E-state index contributed by atoms with van der Waals surface area (Å²) in [5, 5.41) is 7.48. The lowest BCUT2D eigenvalue weighted by Crippen LogP contribution is -2.44. The van der Waals surface area contributed by atoms with E-state index < -0.39 is 0 Å². The number of nitrogens with zero attached hydrogens (tertiary/aromatic N) is 2. The number of hydrogen-bond donors (Lipinski definition) is 1. The minimum atomic E-state index is -0.317. The first-order chi connectivity index (χ1) is 12.4. The van der Waals surface area contributed by atoms with E-state index in [1.807, 2.05) is 47.4 Å². The van der Waals surface area contributed by atoms with Crippen LogP contribution in [0.1, 0.15) is 48.4 Å². The van der Waals surface area contributed by atoms with Gasteiger partial charge in [-0.2, -0.15) is 5.10 Å². The summed E-state index contributed by atoms with van der Waals surface area (Å²) < 4.78 is 1.02. The molecule has 1 amide bonds. The summed E-state index contributed by atoms with van der Waals surface area (Å²) in [5.41, 5.74) is 4.16. The van der Waals surface area contributed by atoms with Gasteiger partial charge in [-0.1, -0.05) is 58.4 Å². The van der Waals surface area contributed by atoms with Crippen molar-refractivity contribution in [2.45, 2.75) is 32.4 Å². The minimum absolute atomic E-state index is 0.00454. The molecular formula is C21H20BrN3O. The average molecular weight is 410 g/mol. The summed E-state index contributed by atoms with van der Waals surface area (Å²) in [6.45, 7) is 6.20. The van der Waals surface area contributed by atoms with E-state index in [0.29, 0.717) is 5.69 Å². The van der Waals surface area contributed by atoms with Gasteiger partial charge in [0, 0.05) is 21.1 Å². The van der Waals surface area contributed by atoms with Crippen molar-refractivity contribution in [1.29, 1.82) is 0 Å². The van der Waals surface area contributed by atoms with Crippen LogP contribution < -0.4 is 0 Å². The van der Waals surface area contributed by atoms with Crippen molar-refractivity contribution in [1.82, 2.24) is 15.1 Å². The molecule has 4 nitrogen and oxygen atoms in total. The Morgan fingerprint density at radius 3 is 2.31 bits per heavy atom. The molecule has 0 aliphatic carbocycles. The zero-order valence-electron chi connectivity index (χ0n) is 15.0. The van der Waals surface area contributed by atoms with Crippen molar-refractivity contribution >= 4 is 21.8 Å². The largest absolute Gasteiger partial charge is 0.321 e. The molecule has 0 bridgehead atoms. The second-order valence-corrected chi connectivity index (χ2v) is 8.44. The molecule has 2 heterocycles. The second kappa shape index (κ2) is 6.09. The number of halogens is 1. The Labute approximate surface area is 161 Å². The molecule has 2 aromatic carbocycles. The van der Waals surface area contributed by atoms with E-state index in [1.165, 1.54) is 0 Å². The number of amides is 1. The topological polar surface area (TPSA) is 49.0 Å². The van der Waals surface area contributed by atoms with Gasteiger partial charge in [0.05, 0.1) is 11.7 Å². The fourth-order valence-corrected chi connectivity index (χ4v) is 3.88. The SMILES string of the molecule is CC(C)(C)N1C(=O)c2[nH]nc(-c3ccccc3)c2C1c1ccc(Br)cc1. The van der Waals surface area contributed by atoms with E-state index in [2.05, 4.69) is 59.0 Å². The molecule has 1 aliphatic heterocycles. The monoisotopic (exact) mass is 409 g/mol. The molecule has 0 radical (unpaired) electrons. The van der Waals surface area contributed by atoms with Gasteiger partial charge in [-0.15, -0.1) is 0 Å². The van der Waals surface area contributed by atoms with Crippen molar-refractivity contribution < 1.29 is 4.79 Å². The molecule has 1 N–H and O–H groups in total. The highest BCUT2D eigenvalue weighted by Gasteiger charge is 2.46. The molecule has 26 heavy (non-hydrogen) atoms. The molecule has 0 fully saturated rings. The van der Waals surface area contributed by atoms with Crippen molar-refractivity contribution in [2.75, 3.05) is 0 Å². The third-order valence-corrected chi connectivity index (χ3v) is 5.25. The number of aromatic amines is 1. The van der Waals surface area contributed by atoms with Crippen LogP contribution in [-0.2, 0) is 0 Å². The van der Waals surface area contributed by atoms with Crippen LogP contribution in [0.2, 0.25) is 0 Å². The van der Waals surface area contributed by atoms with Crippen LogP contribution in [0.3, 0.4) is 0 Å². The van der Waals surface area contributed by atoms with Crippen LogP contribution in [0, 0.1) is 0 Å². The maximum absolute atomic E-state index is 13.2. The van der Waals surface area contributed by atoms with Crippen LogP contribution in [-0.4, -0.2) is 26.5 Å². The van der Waals surface area contributed by atoms with Gasteiger partial charge in [-0.3, -0.25) is 9.89 Å². The number of carbonyl (C=O) groups is 1. The maximum Gasteiger partial charge on any atom is 0.273 e. The molecule has 1 unspecified atom stereocenters. The zero-order valence-corrected chi connectivity index (χ0v) is 16.5. The van der Waals surface area contributed by atoms with Gasteiger partial charge in [-0.05, 0) is 38.5 Å². The molecule has 1 atom stereocenters. The summed E-state index contributed by atoms with van der Waals surface area (Å²) in [5.74, 6) is -0.00454. The molecule has 0 saturated carbocycles. The summed E-state index contributed by atoms with van der Waals surface area (Å²) in [7, 11) is 0. The number of nitrogens with one attached hydrogen (secondary N) is 1. The lowest BCUT2D eigenvalue weighted by Gasteiger charge is -2.37. The normalized spacial score (nSPS) is 16.8. The predicted octanol–water partition coefficient (Wildman–Crippen LogP) is 5.18. The fourth-order valence-electron chi connectivity index (χ4n) is 3.62.